The van der Waals surface area contributed by atoms with Crippen molar-refractivity contribution in [1.29, 1.82) is 0 Å². The molecule has 0 unspecified atom stereocenters. The summed E-state index contributed by atoms with van der Waals surface area (Å²) in [7, 11) is 0. The predicted molar refractivity (Wildman–Crippen MR) is 91.1 cm³/mol. The lowest BCUT2D eigenvalue weighted by molar-refractivity contribution is 0.0785. The second-order valence-corrected chi connectivity index (χ2v) is 6.64. The van der Waals surface area contributed by atoms with E-state index in [4.69, 9.17) is 0 Å². The molecule has 1 N–H and O–H groups in total. The van der Waals surface area contributed by atoms with Gasteiger partial charge in [0.1, 0.15) is 0 Å². The zero-order valence-corrected chi connectivity index (χ0v) is 14.1. The lowest BCUT2D eigenvalue weighted by atomic mass is 9.94. The van der Waals surface area contributed by atoms with E-state index in [1.807, 2.05) is 4.90 Å². The van der Waals surface area contributed by atoms with Gasteiger partial charge in [-0.2, -0.15) is 0 Å². The van der Waals surface area contributed by atoms with E-state index in [1.54, 1.807) is 12.4 Å². The van der Waals surface area contributed by atoms with Crippen LogP contribution in [0, 0.1) is 5.92 Å². The number of hydrogen-bond acceptors (Lipinski definition) is 5. The summed E-state index contributed by atoms with van der Waals surface area (Å²) in [6.07, 6.45) is 8.24. The molecule has 23 heavy (non-hydrogen) atoms. The number of anilines is 1. The molecule has 2 atom stereocenters. The van der Waals surface area contributed by atoms with E-state index in [9.17, 15) is 4.79 Å². The van der Waals surface area contributed by atoms with Crippen LogP contribution in [0.15, 0.2) is 12.4 Å². The molecule has 1 aromatic heterocycles. The number of hydrogen-bond donors (Lipinski definition) is 1. The van der Waals surface area contributed by atoms with Crippen LogP contribution in [-0.4, -0.2) is 59.5 Å². The van der Waals surface area contributed by atoms with Gasteiger partial charge in [0, 0.05) is 44.6 Å². The molecule has 3 aliphatic heterocycles. The second kappa shape index (κ2) is 7.01. The number of fused-ring (bicyclic) bond motifs is 1. The Morgan fingerprint density at radius 2 is 1.87 bits per heavy atom. The van der Waals surface area contributed by atoms with Crippen molar-refractivity contribution in [3.63, 3.8) is 0 Å². The van der Waals surface area contributed by atoms with E-state index < -0.39 is 0 Å². The van der Waals surface area contributed by atoms with Crippen LogP contribution in [0.1, 0.15) is 36.0 Å². The molecule has 1 amide bonds. The molecule has 4 heterocycles. The molecule has 1 aromatic rings. The minimum absolute atomic E-state index is 0. The summed E-state index contributed by atoms with van der Waals surface area (Å²) in [6.45, 7) is 4.81. The number of piperidine rings is 1. The van der Waals surface area contributed by atoms with Gasteiger partial charge in [-0.25, -0.2) is 9.97 Å². The van der Waals surface area contributed by atoms with Gasteiger partial charge in [-0.15, -0.1) is 12.4 Å². The number of nitrogens with zero attached hydrogens (tertiary/aromatic N) is 4. The highest BCUT2D eigenvalue weighted by Crippen LogP contribution is 2.26. The number of amides is 1. The largest absolute Gasteiger partial charge is 0.341 e. The van der Waals surface area contributed by atoms with Gasteiger partial charge in [0.05, 0.1) is 5.56 Å². The Morgan fingerprint density at radius 3 is 2.57 bits per heavy atom. The number of rotatable bonds is 2. The first-order valence-electron chi connectivity index (χ1n) is 8.41. The van der Waals surface area contributed by atoms with Crippen molar-refractivity contribution in [3.05, 3.63) is 18.0 Å². The monoisotopic (exact) mass is 337 g/mol. The maximum atomic E-state index is 12.6. The molecule has 0 bridgehead atoms. The van der Waals surface area contributed by atoms with Crippen molar-refractivity contribution in [3.8, 4) is 0 Å². The van der Waals surface area contributed by atoms with Crippen LogP contribution in [0.4, 0.5) is 5.95 Å². The Labute approximate surface area is 143 Å². The van der Waals surface area contributed by atoms with Gasteiger partial charge in [0.25, 0.3) is 5.91 Å². The zero-order valence-electron chi connectivity index (χ0n) is 13.3. The van der Waals surface area contributed by atoms with Crippen molar-refractivity contribution < 1.29 is 4.79 Å². The van der Waals surface area contributed by atoms with Crippen molar-refractivity contribution in [2.24, 2.45) is 5.92 Å². The topological polar surface area (TPSA) is 61.4 Å². The standard InChI is InChI=1S/C16H23N5O.ClH/c22-15(21-10-12-4-3-5-17-14(12)11-21)13-8-18-16(19-9-13)20-6-1-2-7-20;/h8-9,12,14,17H,1-7,10-11H2;1H/t12-,14+;/m0./s1. The summed E-state index contributed by atoms with van der Waals surface area (Å²) in [6, 6.07) is 0.475. The van der Waals surface area contributed by atoms with Crippen molar-refractivity contribution in [1.82, 2.24) is 20.2 Å². The fourth-order valence-corrected chi connectivity index (χ4v) is 3.91. The summed E-state index contributed by atoms with van der Waals surface area (Å²) >= 11 is 0. The first-order chi connectivity index (χ1) is 10.8. The summed E-state index contributed by atoms with van der Waals surface area (Å²) in [5.41, 5.74) is 0.613. The Balaban J connectivity index is 0.00000156. The third-order valence-corrected chi connectivity index (χ3v) is 5.16. The van der Waals surface area contributed by atoms with Crippen LogP contribution in [0.25, 0.3) is 0 Å². The van der Waals surface area contributed by atoms with Gasteiger partial charge < -0.3 is 15.1 Å². The normalized spacial score (nSPS) is 26.8. The highest BCUT2D eigenvalue weighted by molar-refractivity contribution is 5.94. The Morgan fingerprint density at radius 1 is 1.13 bits per heavy atom. The van der Waals surface area contributed by atoms with Gasteiger partial charge in [-0.3, -0.25) is 4.79 Å². The molecule has 126 valence electrons. The molecular formula is C16H24ClN5O. The Hall–Kier alpha value is -1.40. The molecule has 0 aromatic carbocycles. The van der Waals surface area contributed by atoms with E-state index in [2.05, 4.69) is 20.2 Å². The SMILES string of the molecule is Cl.O=C(c1cnc(N2CCCC2)nc1)N1C[C@@H]2CCCN[C@@H]2C1. The maximum Gasteiger partial charge on any atom is 0.257 e. The van der Waals surface area contributed by atoms with Crippen LogP contribution in [0.2, 0.25) is 0 Å². The van der Waals surface area contributed by atoms with Gasteiger partial charge >= 0.3 is 0 Å². The molecule has 0 spiro atoms. The molecular weight excluding hydrogens is 314 g/mol. The third kappa shape index (κ3) is 3.28. The minimum Gasteiger partial charge on any atom is -0.341 e. The smallest absolute Gasteiger partial charge is 0.257 e. The fourth-order valence-electron chi connectivity index (χ4n) is 3.91. The van der Waals surface area contributed by atoms with Crippen molar-refractivity contribution >= 4 is 24.3 Å². The number of carbonyl (C=O) groups excluding carboxylic acids is 1. The van der Waals surface area contributed by atoms with Crippen molar-refractivity contribution in [2.75, 3.05) is 37.6 Å². The predicted octanol–water partition coefficient (Wildman–Crippen LogP) is 1.32. The molecule has 0 aliphatic carbocycles. The van der Waals surface area contributed by atoms with Crippen LogP contribution >= 0.6 is 12.4 Å². The van der Waals surface area contributed by atoms with Gasteiger partial charge in [-0.05, 0) is 38.1 Å². The molecule has 6 nitrogen and oxygen atoms in total. The van der Waals surface area contributed by atoms with Gasteiger partial charge in [0.15, 0.2) is 0 Å². The van der Waals surface area contributed by atoms with E-state index in [0.29, 0.717) is 17.5 Å². The van der Waals surface area contributed by atoms with E-state index >= 15 is 0 Å². The molecule has 3 saturated heterocycles. The molecule has 0 saturated carbocycles. The first-order valence-corrected chi connectivity index (χ1v) is 8.41. The molecule has 7 heteroatoms. The van der Waals surface area contributed by atoms with Gasteiger partial charge in [0.2, 0.25) is 5.95 Å². The van der Waals surface area contributed by atoms with Crippen LogP contribution in [0.5, 0.6) is 0 Å². The average molecular weight is 338 g/mol. The summed E-state index contributed by atoms with van der Waals surface area (Å²) in [4.78, 5) is 25.6. The highest BCUT2D eigenvalue weighted by atomic mass is 35.5. The summed E-state index contributed by atoms with van der Waals surface area (Å²) in [5, 5.41) is 3.53. The molecule has 3 aliphatic rings. The van der Waals surface area contributed by atoms with Crippen molar-refractivity contribution in [2.45, 2.75) is 31.7 Å². The lowest BCUT2D eigenvalue weighted by Gasteiger charge is -2.24. The Kier molecular flexibility index (Phi) is 5.02. The summed E-state index contributed by atoms with van der Waals surface area (Å²) < 4.78 is 0. The fraction of sp³-hybridized carbons (Fsp3) is 0.688. The minimum atomic E-state index is 0. The van der Waals surface area contributed by atoms with Crippen LogP contribution < -0.4 is 10.2 Å². The number of nitrogens with one attached hydrogen (secondary N) is 1. The van der Waals surface area contributed by atoms with Gasteiger partial charge in [-0.1, -0.05) is 0 Å². The first kappa shape index (κ1) is 16.5. The number of carbonyl (C=O) groups is 1. The molecule has 4 rings (SSSR count). The lowest BCUT2D eigenvalue weighted by Crippen LogP contribution is -2.41. The summed E-state index contributed by atoms with van der Waals surface area (Å²) in [5.74, 6) is 1.44. The second-order valence-electron chi connectivity index (χ2n) is 6.64. The van der Waals surface area contributed by atoms with E-state index in [-0.39, 0.29) is 18.3 Å². The van der Waals surface area contributed by atoms with E-state index in [0.717, 1.165) is 38.7 Å². The molecule has 3 fully saturated rings. The third-order valence-electron chi connectivity index (χ3n) is 5.16. The molecule has 0 radical (unpaired) electrons. The Bertz CT molecular complexity index is 532. The van der Waals surface area contributed by atoms with E-state index in [1.165, 1.54) is 25.7 Å². The number of aromatic nitrogens is 2. The average Bonchev–Trinajstić information content (AvgIpc) is 3.23. The number of likely N-dealkylation sites (tertiary alicyclic amines) is 1. The van der Waals surface area contributed by atoms with Crippen LogP contribution in [-0.2, 0) is 0 Å². The maximum absolute atomic E-state index is 12.6. The number of halogens is 1. The quantitative estimate of drug-likeness (QED) is 0.882. The zero-order chi connectivity index (χ0) is 14.9. The van der Waals surface area contributed by atoms with Crippen LogP contribution in [0.3, 0.4) is 0 Å². The highest BCUT2D eigenvalue weighted by Gasteiger charge is 2.36.